The van der Waals surface area contributed by atoms with E-state index in [1.807, 2.05) is 0 Å². The molecule has 0 atom stereocenters. The smallest absolute Gasteiger partial charge is 0.396 e. The molecule has 0 bridgehead atoms. The molecule has 0 aliphatic rings. The van der Waals surface area contributed by atoms with E-state index in [1.54, 1.807) is 12.1 Å². The van der Waals surface area contributed by atoms with Crippen molar-refractivity contribution in [2.75, 3.05) is 11.1 Å². The first-order valence-corrected chi connectivity index (χ1v) is 5.67. The summed E-state index contributed by atoms with van der Waals surface area (Å²) < 4.78 is 50.0. The van der Waals surface area contributed by atoms with Crippen LogP contribution in [0.2, 0.25) is 0 Å². The molecule has 0 fully saturated rings. The lowest BCUT2D eigenvalue weighted by Crippen LogP contribution is -2.10. The summed E-state index contributed by atoms with van der Waals surface area (Å²) in [5.74, 6) is -0.205. The van der Waals surface area contributed by atoms with E-state index in [0.29, 0.717) is 6.20 Å². The summed E-state index contributed by atoms with van der Waals surface area (Å²) in [7, 11) is 0. The van der Waals surface area contributed by atoms with Gasteiger partial charge in [-0.05, 0) is 23.8 Å². The third kappa shape index (κ3) is 3.37. The Bertz CT molecular complexity index is 594. The number of hydrogen-bond donors (Lipinski definition) is 2. The summed E-state index contributed by atoms with van der Waals surface area (Å²) in [6.45, 7) is 0.281. The molecule has 0 amide bonds. The van der Waals surface area contributed by atoms with Crippen molar-refractivity contribution in [2.45, 2.75) is 12.7 Å². The Balaban J connectivity index is 2.08. The molecule has 2 rings (SSSR count). The molecule has 3 nitrogen and oxygen atoms in total. The third-order valence-electron chi connectivity index (χ3n) is 2.62. The van der Waals surface area contributed by atoms with Crippen molar-refractivity contribution in [1.29, 1.82) is 0 Å². The summed E-state index contributed by atoms with van der Waals surface area (Å²) >= 11 is 0. The van der Waals surface area contributed by atoms with Crippen LogP contribution in [-0.2, 0) is 12.7 Å². The molecule has 0 saturated carbocycles. The second kappa shape index (κ2) is 5.36. The van der Waals surface area contributed by atoms with Gasteiger partial charge >= 0.3 is 6.18 Å². The molecule has 0 saturated heterocycles. The summed E-state index contributed by atoms with van der Waals surface area (Å²) in [4.78, 5) is 3.65. The van der Waals surface area contributed by atoms with Gasteiger partial charge in [0, 0.05) is 12.7 Å². The minimum Gasteiger partial charge on any atom is -0.396 e. The summed E-state index contributed by atoms with van der Waals surface area (Å²) in [6, 6.07) is 6.52. The van der Waals surface area contributed by atoms with Crippen LogP contribution in [0, 0.1) is 5.82 Å². The number of pyridine rings is 1. The predicted molar refractivity (Wildman–Crippen MR) is 67.4 cm³/mol. The van der Waals surface area contributed by atoms with Gasteiger partial charge in [-0.3, -0.25) is 0 Å². The van der Waals surface area contributed by atoms with Crippen molar-refractivity contribution in [3.05, 3.63) is 53.5 Å². The molecule has 7 heteroatoms. The van der Waals surface area contributed by atoms with Gasteiger partial charge in [0.15, 0.2) is 0 Å². The maximum atomic E-state index is 12.7. The van der Waals surface area contributed by atoms with E-state index >= 15 is 0 Å². The number of aromatic nitrogens is 1. The number of rotatable bonds is 3. The van der Waals surface area contributed by atoms with Gasteiger partial charge < -0.3 is 11.1 Å². The van der Waals surface area contributed by atoms with E-state index in [4.69, 9.17) is 5.73 Å². The summed E-state index contributed by atoms with van der Waals surface area (Å²) in [6.07, 6.45) is -3.76. The van der Waals surface area contributed by atoms with Gasteiger partial charge in [-0.25, -0.2) is 9.37 Å². The minimum atomic E-state index is -4.48. The van der Waals surface area contributed by atoms with Crippen LogP contribution in [0.25, 0.3) is 0 Å². The fraction of sp³-hybridized carbons (Fsp3) is 0.154. The van der Waals surface area contributed by atoms with Crippen LogP contribution in [0.4, 0.5) is 29.1 Å². The lowest BCUT2D eigenvalue weighted by Gasteiger charge is -2.11. The Hall–Kier alpha value is -2.31. The Kier molecular flexibility index (Phi) is 3.78. The number of nitrogens with two attached hydrogens (primary N) is 1. The van der Waals surface area contributed by atoms with E-state index in [0.717, 1.165) is 11.6 Å². The number of halogens is 4. The molecular weight excluding hydrogens is 274 g/mol. The van der Waals surface area contributed by atoms with Crippen LogP contribution in [0.3, 0.4) is 0 Å². The number of alkyl halides is 3. The Labute approximate surface area is 112 Å². The molecule has 1 heterocycles. The highest BCUT2D eigenvalue weighted by Gasteiger charge is 2.31. The van der Waals surface area contributed by atoms with Crippen molar-refractivity contribution in [3.8, 4) is 0 Å². The second-order valence-electron chi connectivity index (χ2n) is 4.14. The number of benzene rings is 1. The van der Waals surface area contributed by atoms with E-state index in [2.05, 4.69) is 10.3 Å². The van der Waals surface area contributed by atoms with Crippen molar-refractivity contribution in [3.63, 3.8) is 0 Å². The molecule has 0 aliphatic carbocycles. The predicted octanol–water partition coefficient (Wildman–Crippen LogP) is 3.43. The quantitative estimate of drug-likeness (QED) is 0.849. The molecule has 3 N–H and O–H groups in total. The molecule has 1 aromatic carbocycles. The maximum absolute atomic E-state index is 12.7. The summed E-state index contributed by atoms with van der Waals surface area (Å²) in [5, 5.41) is 2.80. The van der Waals surface area contributed by atoms with Crippen LogP contribution in [0.1, 0.15) is 11.1 Å². The highest BCUT2D eigenvalue weighted by Crippen LogP contribution is 2.31. The van der Waals surface area contributed by atoms with Crippen LogP contribution in [0.5, 0.6) is 0 Å². The fourth-order valence-electron chi connectivity index (χ4n) is 1.57. The normalized spacial score (nSPS) is 11.4. The average Bonchev–Trinajstić information content (AvgIpc) is 2.38. The average molecular weight is 285 g/mol. The van der Waals surface area contributed by atoms with E-state index in [-0.39, 0.29) is 23.9 Å². The molecular formula is C13H11F4N3. The number of nitrogen functional groups attached to an aromatic ring is 1. The first kappa shape index (κ1) is 14.1. The van der Waals surface area contributed by atoms with Crippen molar-refractivity contribution in [1.82, 2.24) is 4.98 Å². The molecule has 2 aromatic rings. The first-order valence-electron chi connectivity index (χ1n) is 5.67. The Morgan fingerprint density at radius 1 is 1.15 bits per heavy atom. The van der Waals surface area contributed by atoms with Gasteiger partial charge in [0.1, 0.15) is 11.6 Å². The van der Waals surface area contributed by atoms with Crippen molar-refractivity contribution < 1.29 is 17.6 Å². The van der Waals surface area contributed by atoms with Gasteiger partial charge in [0.2, 0.25) is 0 Å². The van der Waals surface area contributed by atoms with Crippen molar-refractivity contribution in [2.24, 2.45) is 0 Å². The van der Waals surface area contributed by atoms with Crippen molar-refractivity contribution >= 4 is 11.5 Å². The first-order chi connectivity index (χ1) is 9.36. The monoisotopic (exact) mass is 285 g/mol. The van der Waals surface area contributed by atoms with Crippen LogP contribution >= 0.6 is 0 Å². The highest BCUT2D eigenvalue weighted by molar-refractivity contribution is 5.62. The Morgan fingerprint density at radius 3 is 2.35 bits per heavy atom. The molecule has 20 heavy (non-hydrogen) atoms. The SMILES string of the molecule is Nc1cc(C(F)(F)F)cnc1NCc1ccc(F)cc1. The van der Waals surface area contributed by atoms with Gasteiger partial charge in [-0.1, -0.05) is 12.1 Å². The number of nitrogens with one attached hydrogen (secondary N) is 1. The molecule has 0 radical (unpaired) electrons. The zero-order valence-corrected chi connectivity index (χ0v) is 10.2. The zero-order chi connectivity index (χ0) is 14.8. The maximum Gasteiger partial charge on any atom is 0.417 e. The second-order valence-corrected chi connectivity index (χ2v) is 4.14. The number of anilines is 2. The largest absolute Gasteiger partial charge is 0.417 e. The van der Waals surface area contributed by atoms with Gasteiger partial charge in [0.05, 0.1) is 11.3 Å². The molecule has 0 unspecified atom stereocenters. The highest BCUT2D eigenvalue weighted by atomic mass is 19.4. The van der Waals surface area contributed by atoms with E-state index in [1.165, 1.54) is 12.1 Å². The molecule has 0 spiro atoms. The molecule has 0 aliphatic heterocycles. The van der Waals surface area contributed by atoms with E-state index < -0.39 is 11.7 Å². The van der Waals surface area contributed by atoms with Crippen LogP contribution in [-0.4, -0.2) is 4.98 Å². The van der Waals surface area contributed by atoms with Gasteiger partial charge in [-0.2, -0.15) is 13.2 Å². The van der Waals surface area contributed by atoms with Crippen LogP contribution < -0.4 is 11.1 Å². The lowest BCUT2D eigenvalue weighted by molar-refractivity contribution is -0.137. The minimum absolute atomic E-state index is 0.0954. The third-order valence-corrected chi connectivity index (χ3v) is 2.62. The van der Waals surface area contributed by atoms with Crippen LogP contribution in [0.15, 0.2) is 36.5 Å². The van der Waals surface area contributed by atoms with E-state index in [9.17, 15) is 17.6 Å². The van der Waals surface area contributed by atoms with Gasteiger partial charge in [0.25, 0.3) is 0 Å². The summed E-state index contributed by atoms with van der Waals surface area (Å²) in [5.41, 5.74) is 5.28. The molecule has 106 valence electrons. The van der Waals surface area contributed by atoms with Gasteiger partial charge in [-0.15, -0.1) is 0 Å². The number of hydrogen-bond acceptors (Lipinski definition) is 3. The lowest BCUT2D eigenvalue weighted by atomic mass is 10.2. The Morgan fingerprint density at radius 2 is 1.80 bits per heavy atom. The zero-order valence-electron chi connectivity index (χ0n) is 10.2. The number of nitrogens with zero attached hydrogens (tertiary/aromatic N) is 1. The standard InChI is InChI=1S/C13H11F4N3/c14-10-3-1-8(2-4-10)6-19-12-11(18)5-9(7-20-12)13(15,16)17/h1-5,7H,6,18H2,(H,19,20). The fourth-order valence-corrected chi connectivity index (χ4v) is 1.57. The molecule has 1 aromatic heterocycles. The topological polar surface area (TPSA) is 50.9 Å².